The van der Waals surface area contributed by atoms with Gasteiger partial charge in [-0.05, 0) is 41.7 Å². The number of benzene rings is 1. The normalized spacial score (nSPS) is 14.2. The van der Waals surface area contributed by atoms with Crippen LogP contribution < -0.4 is 10.6 Å². The number of hydrogen-bond donors (Lipinski definition) is 4. The van der Waals surface area contributed by atoms with Gasteiger partial charge in [-0.3, -0.25) is 9.59 Å². The summed E-state index contributed by atoms with van der Waals surface area (Å²) in [5, 5.41) is 22.6. The number of aliphatic carboxylic acids is 2. The first-order valence-corrected chi connectivity index (χ1v) is 11.5. The quantitative estimate of drug-likeness (QED) is 0.337. The van der Waals surface area contributed by atoms with E-state index in [1.807, 2.05) is 60.7 Å². The zero-order valence-electron chi connectivity index (χ0n) is 19.9. The minimum Gasteiger partial charge on any atom is -0.481 e. The lowest BCUT2D eigenvalue weighted by atomic mass is 9.91. The first-order chi connectivity index (χ1) is 17.6. The number of nitrogens with zero attached hydrogens (tertiary/aromatic N) is 1. The van der Waals surface area contributed by atoms with E-state index in [2.05, 4.69) is 15.6 Å². The molecular weight excluding hydrogens is 491 g/mol. The number of alkyl halides is 3. The van der Waals surface area contributed by atoms with Gasteiger partial charge in [-0.2, -0.15) is 13.2 Å². The molecule has 1 unspecified atom stereocenters. The molecule has 0 saturated carbocycles. The Kier molecular flexibility index (Phi) is 11.3. The third-order valence-corrected chi connectivity index (χ3v) is 5.22. The Morgan fingerprint density at radius 1 is 0.973 bits per heavy atom. The molecule has 0 bridgehead atoms. The van der Waals surface area contributed by atoms with E-state index in [0.717, 1.165) is 41.9 Å². The molecule has 37 heavy (non-hydrogen) atoms. The number of anilines is 1. The highest BCUT2D eigenvalue weighted by Gasteiger charge is 2.38. The average molecular weight is 520 g/mol. The lowest BCUT2D eigenvalue weighted by Crippen LogP contribution is -2.25. The van der Waals surface area contributed by atoms with E-state index in [1.165, 1.54) is 0 Å². The summed E-state index contributed by atoms with van der Waals surface area (Å²) in [6.45, 7) is 1.17. The van der Waals surface area contributed by atoms with Gasteiger partial charge in [0.2, 0.25) is 5.91 Å². The third kappa shape index (κ3) is 11.0. The molecule has 0 saturated heterocycles. The maximum absolute atomic E-state index is 12.2. The van der Waals surface area contributed by atoms with Crippen LogP contribution in [0.5, 0.6) is 0 Å². The monoisotopic (exact) mass is 519 g/mol. The standard InChI is InChI=1S/C24H27N3O3.C2HF3O2/c28-23(10-4-6-14-26-22-9-3-5-13-25-22)27-17-18-11-12-19-7-1-2-8-21(19)20(15-18)16-24(29)30;3-2(4,5)1(6)7/h1-3,5,7-9,11-13,15,20H,4,6,10,14,16-17H2,(H,25,26)(H,27,28)(H,29,30);(H,6,7). The number of carboxylic acids is 2. The van der Waals surface area contributed by atoms with Crippen molar-refractivity contribution >= 4 is 29.7 Å². The fourth-order valence-electron chi connectivity index (χ4n) is 3.46. The van der Waals surface area contributed by atoms with Crippen LogP contribution in [0.15, 0.2) is 66.4 Å². The third-order valence-electron chi connectivity index (χ3n) is 5.22. The molecule has 1 aliphatic rings. The average Bonchev–Trinajstić information content (AvgIpc) is 3.02. The zero-order chi connectivity index (χ0) is 27.3. The van der Waals surface area contributed by atoms with Crippen LogP contribution in [-0.4, -0.2) is 52.3 Å². The zero-order valence-corrected chi connectivity index (χ0v) is 19.9. The Morgan fingerprint density at radius 2 is 1.68 bits per heavy atom. The van der Waals surface area contributed by atoms with Gasteiger partial charge >= 0.3 is 18.1 Å². The molecule has 1 aromatic carbocycles. The molecule has 0 fully saturated rings. The number of amides is 1. The lowest BCUT2D eigenvalue weighted by molar-refractivity contribution is -0.192. The van der Waals surface area contributed by atoms with E-state index >= 15 is 0 Å². The smallest absolute Gasteiger partial charge is 0.481 e. The van der Waals surface area contributed by atoms with Crippen molar-refractivity contribution in [2.75, 3.05) is 18.4 Å². The van der Waals surface area contributed by atoms with Crippen LogP contribution in [0.4, 0.5) is 19.0 Å². The maximum Gasteiger partial charge on any atom is 0.490 e. The van der Waals surface area contributed by atoms with Gasteiger partial charge < -0.3 is 20.8 Å². The van der Waals surface area contributed by atoms with Crippen LogP contribution in [0, 0.1) is 0 Å². The van der Waals surface area contributed by atoms with Crippen LogP contribution in [-0.2, 0) is 14.4 Å². The van der Waals surface area contributed by atoms with Gasteiger partial charge in [-0.15, -0.1) is 0 Å². The van der Waals surface area contributed by atoms with Gasteiger partial charge in [0.1, 0.15) is 5.82 Å². The van der Waals surface area contributed by atoms with Crippen molar-refractivity contribution in [2.45, 2.75) is 37.8 Å². The van der Waals surface area contributed by atoms with Gasteiger partial charge in [0.25, 0.3) is 0 Å². The lowest BCUT2D eigenvalue weighted by Gasteiger charge is -2.13. The minimum absolute atomic E-state index is 0.00122. The van der Waals surface area contributed by atoms with Crippen molar-refractivity contribution < 1.29 is 37.8 Å². The molecule has 3 rings (SSSR count). The Bertz CT molecular complexity index is 1120. The number of pyridine rings is 1. The Labute approximate surface area is 211 Å². The molecular formula is C26H28F3N3O5. The number of nitrogens with one attached hydrogen (secondary N) is 2. The predicted molar refractivity (Wildman–Crippen MR) is 132 cm³/mol. The number of rotatable bonds is 10. The number of unbranched alkanes of at least 4 members (excludes halogenated alkanes) is 1. The highest BCUT2D eigenvalue weighted by molar-refractivity contribution is 5.76. The van der Waals surface area contributed by atoms with E-state index < -0.39 is 18.1 Å². The largest absolute Gasteiger partial charge is 0.490 e. The van der Waals surface area contributed by atoms with E-state index in [0.29, 0.717) is 13.0 Å². The van der Waals surface area contributed by atoms with Crippen LogP contribution in [0.1, 0.15) is 42.7 Å². The molecule has 1 atom stereocenters. The summed E-state index contributed by atoms with van der Waals surface area (Å²) in [5.74, 6) is -2.97. The minimum atomic E-state index is -5.08. The second-order valence-electron chi connectivity index (χ2n) is 8.09. The molecule has 0 aliphatic heterocycles. The maximum atomic E-state index is 12.2. The van der Waals surface area contributed by atoms with Crippen LogP contribution >= 0.6 is 0 Å². The molecule has 11 heteroatoms. The van der Waals surface area contributed by atoms with Gasteiger partial charge in [0.05, 0.1) is 6.42 Å². The molecule has 1 amide bonds. The van der Waals surface area contributed by atoms with Crippen molar-refractivity contribution in [3.63, 3.8) is 0 Å². The summed E-state index contributed by atoms with van der Waals surface area (Å²) < 4.78 is 31.7. The first kappa shape index (κ1) is 29.1. The van der Waals surface area contributed by atoms with Gasteiger partial charge in [0.15, 0.2) is 0 Å². The highest BCUT2D eigenvalue weighted by atomic mass is 19.4. The van der Waals surface area contributed by atoms with E-state index in [1.54, 1.807) is 6.20 Å². The number of allylic oxidation sites excluding steroid dienone is 1. The molecule has 1 aliphatic carbocycles. The molecule has 1 heterocycles. The fourth-order valence-corrected chi connectivity index (χ4v) is 3.46. The second-order valence-corrected chi connectivity index (χ2v) is 8.09. The van der Waals surface area contributed by atoms with Gasteiger partial charge in [-0.25, -0.2) is 9.78 Å². The van der Waals surface area contributed by atoms with Crippen molar-refractivity contribution in [3.8, 4) is 0 Å². The summed E-state index contributed by atoms with van der Waals surface area (Å²) in [6.07, 6.45) is 4.70. The van der Waals surface area contributed by atoms with E-state index in [9.17, 15) is 27.9 Å². The number of fused-ring (bicyclic) bond motifs is 1. The van der Waals surface area contributed by atoms with Crippen molar-refractivity contribution in [1.82, 2.24) is 10.3 Å². The fraction of sp³-hybridized carbons (Fsp3) is 0.308. The van der Waals surface area contributed by atoms with Crippen LogP contribution in [0.2, 0.25) is 0 Å². The number of aromatic nitrogens is 1. The molecule has 198 valence electrons. The molecule has 1 aromatic heterocycles. The highest BCUT2D eigenvalue weighted by Crippen LogP contribution is 2.30. The molecule has 0 spiro atoms. The molecule has 2 aromatic rings. The number of carbonyl (C=O) groups excluding carboxylic acids is 1. The second kappa shape index (κ2) is 14.4. The van der Waals surface area contributed by atoms with Gasteiger partial charge in [-0.1, -0.05) is 48.6 Å². The number of carbonyl (C=O) groups is 3. The van der Waals surface area contributed by atoms with Gasteiger partial charge in [0, 0.05) is 31.6 Å². The number of carboxylic acid groups (broad SMARTS) is 2. The summed E-state index contributed by atoms with van der Waals surface area (Å²) >= 11 is 0. The first-order valence-electron chi connectivity index (χ1n) is 11.5. The number of hydrogen-bond acceptors (Lipinski definition) is 5. The molecule has 8 nitrogen and oxygen atoms in total. The summed E-state index contributed by atoms with van der Waals surface area (Å²) in [7, 11) is 0. The van der Waals surface area contributed by atoms with Crippen LogP contribution in [0.3, 0.4) is 0 Å². The van der Waals surface area contributed by atoms with E-state index in [4.69, 9.17) is 9.90 Å². The summed E-state index contributed by atoms with van der Waals surface area (Å²) in [5.41, 5.74) is 2.93. The molecule has 0 radical (unpaired) electrons. The van der Waals surface area contributed by atoms with Crippen molar-refractivity contribution in [3.05, 3.63) is 77.5 Å². The van der Waals surface area contributed by atoms with Crippen molar-refractivity contribution in [2.24, 2.45) is 0 Å². The Hall–Kier alpha value is -4.15. The topological polar surface area (TPSA) is 129 Å². The molecule has 4 N–H and O–H groups in total. The van der Waals surface area contributed by atoms with Crippen LogP contribution in [0.25, 0.3) is 6.08 Å². The Balaban J connectivity index is 0.000000604. The Morgan fingerprint density at radius 3 is 2.32 bits per heavy atom. The SMILES string of the molecule is O=C(O)C(F)(F)F.O=C(O)CC1C=C(CNC(=O)CCCCNc2ccccn2)C=Cc2ccccc21. The predicted octanol–water partition coefficient (Wildman–Crippen LogP) is 4.63. The van der Waals surface area contributed by atoms with E-state index in [-0.39, 0.29) is 18.2 Å². The number of halogens is 3. The summed E-state index contributed by atoms with van der Waals surface area (Å²) in [4.78, 5) is 36.6. The summed E-state index contributed by atoms with van der Waals surface area (Å²) in [6, 6.07) is 13.5. The van der Waals surface area contributed by atoms with Crippen molar-refractivity contribution in [1.29, 1.82) is 0 Å².